The van der Waals surface area contributed by atoms with Gasteiger partial charge in [0, 0.05) is 35.2 Å². The van der Waals surface area contributed by atoms with Crippen molar-refractivity contribution in [2.75, 3.05) is 11.4 Å². The summed E-state index contributed by atoms with van der Waals surface area (Å²) in [6.07, 6.45) is 0.377. The molecule has 1 fully saturated rings. The Morgan fingerprint density at radius 1 is 1.20 bits per heavy atom. The number of amides is 1. The average Bonchev–Trinajstić information content (AvgIpc) is 3.21. The first kappa shape index (κ1) is 15.8. The monoisotopic (exact) mass is 353 g/mol. The van der Waals surface area contributed by atoms with Crippen LogP contribution in [0.25, 0.3) is 11.5 Å². The van der Waals surface area contributed by atoms with E-state index in [0.29, 0.717) is 29.7 Å². The Morgan fingerprint density at radius 2 is 2.04 bits per heavy atom. The number of aromatic nitrogens is 2. The fraction of sp³-hybridized carbons (Fsp3) is 0.211. The number of carbonyl (C=O) groups excluding carboxylic acids is 1. The number of halogens is 1. The van der Waals surface area contributed by atoms with Crippen molar-refractivity contribution in [3.63, 3.8) is 0 Å². The Morgan fingerprint density at radius 3 is 2.84 bits per heavy atom. The standard InChI is InChI=1S/C19H16ClN3O2/c1-12-4-2-7-16(8-12)23-11-14(10-17(23)24)18-21-19(25-22-18)13-5-3-6-15(20)9-13/h2-9,14H,10-11H2,1H3. The van der Waals surface area contributed by atoms with Gasteiger partial charge >= 0.3 is 0 Å². The SMILES string of the molecule is Cc1cccc(N2CC(c3noc(-c4cccc(Cl)c4)n3)CC2=O)c1. The van der Waals surface area contributed by atoms with Crippen LogP contribution in [-0.4, -0.2) is 22.6 Å². The van der Waals surface area contributed by atoms with E-state index in [1.807, 2.05) is 43.3 Å². The molecule has 2 heterocycles. The van der Waals surface area contributed by atoms with E-state index < -0.39 is 0 Å². The molecule has 1 aliphatic heterocycles. The second-order valence-corrected chi connectivity index (χ2v) is 6.65. The summed E-state index contributed by atoms with van der Waals surface area (Å²) in [7, 11) is 0. The number of benzene rings is 2. The van der Waals surface area contributed by atoms with Crippen LogP contribution in [0.2, 0.25) is 5.02 Å². The minimum Gasteiger partial charge on any atom is -0.334 e. The van der Waals surface area contributed by atoms with E-state index in [2.05, 4.69) is 10.1 Å². The minimum atomic E-state index is -0.0790. The van der Waals surface area contributed by atoms with Crippen LogP contribution in [0.4, 0.5) is 5.69 Å². The molecule has 1 aliphatic rings. The van der Waals surface area contributed by atoms with Gasteiger partial charge in [0.25, 0.3) is 5.89 Å². The highest BCUT2D eigenvalue weighted by Crippen LogP contribution is 2.32. The Hall–Kier alpha value is -2.66. The number of nitrogens with zero attached hydrogens (tertiary/aromatic N) is 3. The number of hydrogen-bond acceptors (Lipinski definition) is 4. The first-order valence-electron chi connectivity index (χ1n) is 8.07. The molecule has 3 aromatic rings. The van der Waals surface area contributed by atoms with Crippen LogP contribution in [0.5, 0.6) is 0 Å². The van der Waals surface area contributed by atoms with Crippen molar-refractivity contribution in [3.8, 4) is 11.5 Å². The molecule has 1 saturated heterocycles. The molecule has 6 heteroatoms. The van der Waals surface area contributed by atoms with E-state index >= 15 is 0 Å². The van der Waals surface area contributed by atoms with Crippen LogP contribution in [0.3, 0.4) is 0 Å². The fourth-order valence-electron chi connectivity index (χ4n) is 3.07. The van der Waals surface area contributed by atoms with E-state index in [0.717, 1.165) is 16.8 Å². The summed E-state index contributed by atoms with van der Waals surface area (Å²) in [6, 6.07) is 15.2. The van der Waals surface area contributed by atoms with E-state index in [1.54, 1.807) is 17.0 Å². The Bertz CT molecular complexity index is 938. The average molecular weight is 354 g/mol. The molecule has 0 N–H and O–H groups in total. The molecule has 1 unspecified atom stereocenters. The molecular formula is C19H16ClN3O2. The lowest BCUT2D eigenvalue weighted by Crippen LogP contribution is -2.24. The number of rotatable bonds is 3. The van der Waals surface area contributed by atoms with Crippen LogP contribution in [0.15, 0.2) is 53.1 Å². The molecule has 5 nitrogen and oxygen atoms in total. The normalized spacial score (nSPS) is 17.3. The zero-order valence-electron chi connectivity index (χ0n) is 13.6. The maximum Gasteiger partial charge on any atom is 0.257 e. The van der Waals surface area contributed by atoms with Gasteiger partial charge in [-0.15, -0.1) is 0 Å². The van der Waals surface area contributed by atoms with Gasteiger partial charge in [0.05, 0.1) is 0 Å². The molecule has 1 aromatic heterocycles. The zero-order valence-corrected chi connectivity index (χ0v) is 14.4. The summed E-state index contributed by atoms with van der Waals surface area (Å²) in [5, 5.41) is 4.69. The lowest BCUT2D eigenvalue weighted by Gasteiger charge is -2.16. The maximum atomic E-state index is 12.4. The molecule has 0 aliphatic carbocycles. The molecule has 0 spiro atoms. The second-order valence-electron chi connectivity index (χ2n) is 6.21. The van der Waals surface area contributed by atoms with Crippen molar-refractivity contribution in [1.82, 2.24) is 10.1 Å². The van der Waals surface area contributed by atoms with Crippen LogP contribution in [0, 0.1) is 6.92 Å². The van der Waals surface area contributed by atoms with E-state index in [4.69, 9.17) is 16.1 Å². The molecule has 0 bridgehead atoms. The summed E-state index contributed by atoms with van der Waals surface area (Å²) in [6.45, 7) is 2.56. The predicted molar refractivity (Wildman–Crippen MR) is 95.6 cm³/mol. The van der Waals surface area contributed by atoms with E-state index in [9.17, 15) is 4.79 Å². The quantitative estimate of drug-likeness (QED) is 0.707. The maximum absolute atomic E-state index is 12.4. The molecule has 126 valence electrons. The van der Waals surface area contributed by atoms with Gasteiger partial charge in [0.2, 0.25) is 5.91 Å². The molecule has 4 rings (SSSR count). The smallest absolute Gasteiger partial charge is 0.257 e. The van der Waals surface area contributed by atoms with Gasteiger partial charge in [0.1, 0.15) is 0 Å². The minimum absolute atomic E-state index is 0.0738. The lowest BCUT2D eigenvalue weighted by molar-refractivity contribution is -0.117. The highest BCUT2D eigenvalue weighted by atomic mass is 35.5. The molecule has 2 aromatic carbocycles. The number of hydrogen-bond donors (Lipinski definition) is 0. The van der Waals surface area contributed by atoms with Crippen molar-refractivity contribution < 1.29 is 9.32 Å². The summed E-state index contributed by atoms with van der Waals surface area (Å²) < 4.78 is 5.36. The van der Waals surface area contributed by atoms with Crippen LogP contribution in [0.1, 0.15) is 23.7 Å². The molecule has 1 atom stereocenters. The third-order valence-electron chi connectivity index (χ3n) is 4.32. The number of anilines is 1. The predicted octanol–water partition coefficient (Wildman–Crippen LogP) is 4.22. The van der Waals surface area contributed by atoms with Crippen LogP contribution < -0.4 is 4.90 Å². The number of carbonyl (C=O) groups is 1. The van der Waals surface area contributed by atoms with E-state index in [-0.39, 0.29) is 11.8 Å². The highest BCUT2D eigenvalue weighted by Gasteiger charge is 2.34. The Balaban J connectivity index is 1.57. The van der Waals surface area contributed by atoms with Gasteiger partial charge in [-0.3, -0.25) is 4.79 Å². The Kier molecular flexibility index (Phi) is 4.01. The van der Waals surface area contributed by atoms with Gasteiger partial charge in [0.15, 0.2) is 5.82 Å². The van der Waals surface area contributed by atoms with Gasteiger partial charge in [-0.1, -0.05) is 35.0 Å². The molecule has 25 heavy (non-hydrogen) atoms. The zero-order chi connectivity index (χ0) is 17.4. The molecule has 0 saturated carbocycles. The van der Waals surface area contributed by atoms with Gasteiger partial charge in [-0.25, -0.2) is 0 Å². The molecule has 0 radical (unpaired) electrons. The third kappa shape index (κ3) is 3.15. The summed E-state index contributed by atoms with van der Waals surface area (Å²) in [4.78, 5) is 18.7. The fourth-order valence-corrected chi connectivity index (χ4v) is 3.26. The first-order valence-corrected chi connectivity index (χ1v) is 8.44. The molecule has 1 amide bonds. The topological polar surface area (TPSA) is 59.2 Å². The van der Waals surface area contributed by atoms with Crippen molar-refractivity contribution in [3.05, 3.63) is 64.9 Å². The van der Waals surface area contributed by atoms with Crippen LogP contribution >= 0.6 is 11.6 Å². The van der Waals surface area contributed by atoms with Gasteiger partial charge in [-0.05, 0) is 42.8 Å². The van der Waals surface area contributed by atoms with Crippen molar-refractivity contribution in [2.24, 2.45) is 0 Å². The lowest BCUT2D eigenvalue weighted by atomic mass is 10.1. The van der Waals surface area contributed by atoms with Crippen molar-refractivity contribution in [1.29, 1.82) is 0 Å². The third-order valence-corrected chi connectivity index (χ3v) is 4.55. The van der Waals surface area contributed by atoms with Crippen molar-refractivity contribution >= 4 is 23.2 Å². The van der Waals surface area contributed by atoms with Crippen molar-refractivity contribution in [2.45, 2.75) is 19.3 Å². The summed E-state index contributed by atoms with van der Waals surface area (Å²) in [5.74, 6) is 0.965. The van der Waals surface area contributed by atoms with Crippen LogP contribution in [-0.2, 0) is 4.79 Å². The second kappa shape index (κ2) is 6.33. The highest BCUT2D eigenvalue weighted by molar-refractivity contribution is 6.30. The van der Waals surface area contributed by atoms with E-state index in [1.165, 1.54) is 0 Å². The number of aryl methyl sites for hydroxylation is 1. The van der Waals surface area contributed by atoms with Gasteiger partial charge in [-0.2, -0.15) is 4.98 Å². The molecular weight excluding hydrogens is 338 g/mol. The summed E-state index contributed by atoms with van der Waals surface area (Å²) in [5.41, 5.74) is 2.80. The van der Waals surface area contributed by atoms with Gasteiger partial charge < -0.3 is 9.42 Å². The largest absolute Gasteiger partial charge is 0.334 e. The first-order chi connectivity index (χ1) is 12.1. The Labute approximate surface area is 150 Å². The summed E-state index contributed by atoms with van der Waals surface area (Å²) >= 11 is 6.01.